The molecule has 5 nitrogen and oxygen atoms in total. The summed E-state index contributed by atoms with van der Waals surface area (Å²) in [6.45, 7) is 0. The van der Waals surface area contributed by atoms with Gasteiger partial charge in [0.15, 0.2) is 5.76 Å². The summed E-state index contributed by atoms with van der Waals surface area (Å²) >= 11 is 9.47. The minimum absolute atomic E-state index is 0.0566. The van der Waals surface area contributed by atoms with E-state index in [0.29, 0.717) is 21.9 Å². The number of carbonyl (C=O) groups is 2. The van der Waals surface area contributed by atoms with Crippen molar-refractivity contribution in [2.75, 3.05) is 0 Å². The average molecular weight is 434 g/mol. The van der Waals surface area contributed by atoms with Gasteiger partial charge in [0.2, 0.25) is 5.91 Å². The second kappa shape index (κ2) is 7.76. The molecule has 0 aliphatic carbocycles. The van der Waals surface area contributed by atoms with Crippen molar-refractivity contribution >= 4 is 39.3 Å². The molecule has 1 heterocycles. The van der Waals surface area contributed by atoms with E-state index in [-0.39, 0.29) is 5.76 Å². The van der Waals surface area contributed by atoms with Gasteiger partial charge >= 0.3 is 0 Å². The SMILES string of the molecule is NC(=O)[C@@H](NC(=O)c1ccc(-c2ccccc2Cl)o1)c1cccc(Br)c1. The molecule has 0 spiro atoms. The molecular formula is C19H14BrClN2O3. The van der Waals surface area contributed by atoms with E-state index in [2.05, 4.69) is 21.2 Å². The Morgan fingerprint density at radius 1 is 1.08 bits per heavy atom. The summed E-state index contributed by atoms with van der Waals surface area (Å²) in [6.07, 6.45) is 0. The van der Waals surface area contributed by atoms with Gasteiger partial charge in [-0.05, 0) is 42.0 Å². The Morgan fingerprint density at radius 2 is 1.85 bits per heavy atom. The van der Waals surface area contributed by atoms with Crippen molar-refractivity contribution in [3.63, 3.8) is 0 Å². The summed E-state index contributed by atoms with van der Waals surface area (Å²) < 4.78 is 6.37. The van der Waals surface area contributed by atoms with Crippen LogP contribution in [0.1, 0.15) is 22.2 Å². The van der Waals surface area contributed by atoms with E-state index >= 15 is 0 Å². The van der Waals surface area contributed by atoms with Crippen molar-refractivity contribution in [2.45, 2.75) is 6.04 Å². The van der Waals surface area contributed by atoms with Crippen LogP contribution in [-0.4, -0.2) is 11.8 Å². The first-order valence-corrected chi connectivity index (χ1v) is 8.83. The molecule has 3 rings (SSSR count). The fourth-order valence-electron chi connectivity index (χ4n) is 2.47. The van der Waals surface area contributed by atoms with Crippen molar-refractivity contribution < 1.29 is 14.0 Å². The minimum Gasteiger partial charge on any atom is -0.451 e. The van der Waals surface area contributed by atoms with Gasteiger partial charge in [-0.25, -0.2) is 0 Å². The van der Waals surface area contributed by atoms with Crippen LogP contribution in [-0.2, 0) is 4.79 Å². The number of rotatable bonds is 5. The average Bonchev–Trinajstić information content (AvgIpc) is 3.09. The van der Waals surface area contributed by atoms with Crippen molar-refractivity contribution in [1.29, 1.82) is 0 Å². The number of primary amides is 1. The molecule has 0 saturated carbocycles. The third-order valence-electron chi connectivity index (χ3n) is 3.71. The third-order valence-corrected chi connectivity index (χ3v) is 4.53. The van der Waals surface area contributed by atoms with Crippen molar-refractivity contribution in [3.8, 4) is 11.3 Å². The molecule has 7 heteroatoms. The Balaban J connectivity index is 1.83. The Labute approximate surface area is 163 Å². The standard InChI is InChI=1S/C19H14BrClN2O3/c20-12-5-3-4-11(10-12)17(18(22)24)23-19(25)16-9-8-15(26-16)13-6-1-2-7-14(13)21/h1-10,17H,(H2,22,24)(H,23,25)/t17-/m0/s1. The lowest BCUT2D eigenvalue weighted by Gasteiger charge is -2.15. The fraction of sp³-hybridized carbons (Fsp3) is 0.0526. The molecule has 2 aromatic carbocycles. The molecule has 0 aliphatic rings. The van der Waals surface area contributed by atoms with Crippen molar-refractivity contribution in [1.82, 2.24) is 5.32 Å². The Bertz CT molecular complexity index is 971. The molecule has 0 unspecified atom stereocenters. The molecule has 3 N–H and O–H groups in total. The summed E-state index contributed by atoms with van der Waals surface area (Å²) in [5.74, 6) is -0.707. The van der Waals surface area contributed by atoms with Crippen LogP contribution in [0.4, 0.5) is 0 Å². The minimum atomic E-state index is -0.978. The first-order chi connectivity index (χ1) is 12.5. The first-order valence-electron chi connectivity index (χ1n) is 7.66. The molecule has 1 aromatic heterocycles. The molecule has 0 saturated heterocycles. The number of hydrogen-bond acceptors (Lipinski definition) is 3. The highest BCUT2D eigenvalue weighted by atomic mass is 79.9. The predicted octanol–water partition coefficient (Wildman–Crippen LogP) is 4.32. The first kappa shape index (κ1) is 18.2. The van der Waals surface area contributed by atoms with E-state index in [1.165, 1.54) is 6.07 Å². The smallest absolute Gasteiger partial charge is 0.287 e. The molecule has 3 aromatic rings. The molecule has 0 aliphatic heterocycles. The molecular weight excluding hydrogens is 420 g/mol. The maximum Gasteiger partial charge on any atom is 0.287 e. The van der Waals surface area contributed by atoms with Crippen molar-refractivity contribution in [3.05, 3.63) is 81.5 Å². The van der Waals surface area contributed by atoms with Crippen LogP contribution in [0.2, 0.25) is 5.02 Å². The highest BCUT2D eigenvalue weighted by molar-refractivity contribution is 9.10. The predicted molar refractivity (Wildman–Crippen MR) is 103 cm³/mol. The zero-order chi connectivity index (χ0) is 18.7. The van der Waals surface area contributed by atoms with Crippen LogP contribution in [0, 0.1) is 0 Å². The molecule has 1 atom stereocenters. The van der Waals surface area contributed by atoms with E-state index in [1.54, 1.807) is 42.5 Å². The van der Waals surface area contributed by atoms with Crippen LogP contribution in [0.15, 0.2) is 69.6 Å². The summed E-state index contributed by atoms with van der Waals surface area (Å²) in [4.78, 5) is 24.3. The number of furan rings is 1. The summed E-state index contributed by atoms with van der Waals surface area (Å²) in [5.41, 5.74) is 6.68. The van der Waals surface area contributed by atoms with Gasteiger partial charge in [-0.1, -0.05) is 51.8 Å². The Hall–Kier alpha value is -2.57. The van der Waals surface area contributed by atoms with Gasteiger partial charge in [0, 0.05) is 10.0 Å². The van der Waals surface area contributed by atoms with Crippen LogP contribution >= 0.6 is 27.5 Å². The number of amides is 2. The highest BCUT2D eigenvalue weighted by Gasteiger charge is 2.23. The lowest BCUT2D eigenvalue weighted by Crippen LogP contribution is -2.37. The highest BCUT2D eigenvalue weighted by Crippen LogP contribution is 2.29. The normalized spacial score (nSPS) is 11.8. The van der Waals surface area contributed by atoms with E-state index < -0.39 is 17.9 Å². The summed E-state index contributed by atoms with van der Waals surface area (Å²) in [7, 11) is 0. The lowest BCUT2D eigenvalue weighted by atomic mass is 10.1. The van der Waals surface area contributed by atoms with Crippen LogP contribution in [0.25, 0.3) is 11.3 Å². The topological polar surface area (TPSA) is 85.3 Å². The molecule has 0 radical (unpaired) electrons. The van der Waals surface area contributed by atoms with E-state index in [4.69, 9.17) is 21.8 Å². The van der Waals surface area contributed by atoms with Gasteiger partial charge in [0.05, 0.1) is 5.02 Å². The fourth-order valence-corrected chi connectivity index (χ4v) is 3.12. The Kier molecular flexibility index (Phi) is 5.44. The number of benzene rings is 2. The van der Waals surface area contributed by atoms with Crippen molar-refractivity contribution in [2.24, 2.45) is 5.73 Å². The number of nitrogens with one attached hydrogen (secondary N) is 1. The largest absolute Gasteiger partial charge is 0.451 e. The molecule has 0 bridgehead atoms. The zero-order valence-corrected chi connectivity index (χ0v) is 15.8. The number of nitrogens with two attached hydrogens (primary N) is 1. The molecule has 0 fully saturated rings. The number of carbonyl (C=O) groups excluding carboxylic acids is 2. The van der Waals surface area contributed by atoms with Gasteiger partial charge in [0.1, 0.15) is 11.8 Å². The van der Waals surface area contributed by atoms with Gasteiger partial charge in [-0.2, -0.15) is 0 Å². The Morgan fingerprint density at radius 3 is 2.54 bits per heavy atom. The van der Waals surface area contributed by atoms with Crippen LogP contribution < -0.4 is 11.1 Å². The quantitative estimate of drug-likeness (QED) is 0.628. The second-order valence-corrected chi connectivity index (χ2v) is 6.83. The second-order valence-electron chi connectivity index (χ2n) is 5.51. The lowest BCUT2D eigenvalue weighted by molar-refractivity contribution is -0.120. The summed E-state index contributed by atoms with van der Waals surface area (Å²) in [5, 5.41) is 3.11. The van der Waals surface area contributed by atoms with Gasteiger partial charge < -0.3 is 15.5 Å². The number of hydrogen-bond donors (Lipinski definition) is 2. The van der Waals surface area contributed by atoms with Gasteiger partial charge in [-0.3, -0.25) is 9.59 Å². The van der Waals surface area contributed by atoms with E-state index in [1.807, 2.05) is 12.1 Å². The zero-order valence-electron chi connectivity index (χ0n) is 13.4. The van der Waals surface area contributed by atoms with Crippen LogP contribution in [0.3, 0.4) is 0 Å². The van der Waals surface area contributed by atoms with Gasteiger partial charge in [-0.15, -0.1) is 0 Å². The number of halogens is 2. The van der Waals surface area contributed by atoms with Crippen LogP contribution in [0.5, 0.6) is 0 Å². The molecule has 132 valence electrons. The maximum atomic E-state index is 12.5. The molecule has 26 heavy (non-hydrogen) atoms. The van der Waals surface area contributed by atoms with E-state index in [0.717, 1.165) is 4.47 Å². The third kappa shape index (κ3) is 3.98. The van der Waals surface area contributed by atoms with E-state index in [9.17, 15) is 9.59 Å². The van der Waals surface area contributed by atoms with Gasteiger partial charge in [0.25, 0.3) is 5.91 Å². The summed E-state index contributed by atoms with van der Waals surface area (Å²) in [6, 6.07) is 16.3. The molecule has 2 amide bonds. The monoisotopic (exact) mass is 432 g/mol. The maximum absolute atomic E-state index is 12.5.